The molecule has 2 heterocycles. The molecule has 2 aromatic heterocycles. The van der Waals surface area contributed by atoms with Crippen molar-refractivity contribution in [3.63, 3.8) is 0 Å². The van der Waals surface area contributed by atoms with E-state index in [2.05, 4.69) is 25.6 Å². The second-order valence-corrected chi connectivity index (χ2v) is 5.19. The van der Waals surface area contributed by atoms with Crippen LogP contribution in [0.2, 0.25) is 0 Å². The van der Waals surface area contributed by atoms with Gasteiger partial charge in [-0.1, -0.05) is 0 Å². The second-order valence-electron chi connectivity index (χ2n) is 5.19. The van der Waals surface area contributed by atoms with Crippen molar-refractivity contribution in [1.82, 2.24) is 35.2 Å². The van der Waals surface area contributed by atoms with E-state index >= 15 is 0 Å². The van der Waals surface area contributed by atoms with Crippen molar-refractivity contribution in [2.75, 3.05) is 25.9 Å². The lowest BCUT2D eigenvalue weighted by Crippen LogP contribution is -2.40. The van der Waals surface area contributed by atoms with Gasteiger partial charge in [0.2, 0.25) is 5.95 Å². The predicted octanol–water partition coefficient (Wildman–Crippen LogP) is 0.0843. The van der Waals surface area contributed by atoms with Crippen LogP contribution in [0.1, 0.15) is 17.2 Å². The summed E-state index contributed by atoms with van der Waals surface area (Å²) in [6.45, 7) is 5.68. The van der Waals surface area contributed by atoms with Gasteiger partial charge >= 0.3 is 6.03 Å². The maximum Gasteiger partial charge on any atom is 0.317 e. The van der Waals surface area contributed by atoms with E-state index in [-0.39, 0.29) is 12.0 Å². The summed E-state index contributed by atoms with van der Waals surface area (Å²) < 4.78 is 1.90. The molecule has 9 nitrogen and oxygen atoms in total. The number of rotatable bonds is 6. The molecule has 9 heteroatoms. The number of carbonyl (C=O) groups is 1. The van der Waals surface area contributed by atoms with Crippen molar-refractivity contribution in [1.29, 1.82) is 0 Å². The molecule has 120 valence electrons. The van der Waals surface area contributed by atoms with Gasteiger partial charge in [-0.3, -0.25) is 9.78 Å². The largest absolute Gasteiger partial charge is 0.367 e. The van der Waals surface area contributed by atoms with Crippen LogP contribution in [-0.4, -0.2) is 56.0 Å². The Bertz CT molecular complexity index is 632. The maximum atomic E-state index is 12.0. The van der Waals surface area contributed by atoms with Gasteiger partial charge in [0.1, 0.15) is 5.82 Å². The summed E-state index contributed by atoms with van der Waals surface area (Å²) in [5, 5.41) is 13.6. The molecular formula is C13H22N8O. The number of H-pyrrole nitrogens is 1. The first kappa shape index (κ1) is 15.8. The molecule has 22 heavy (non-hydrogen) atoms. The van der Waals surface area contributed by atoms with Crippen LogP contribution in [0.5, 0.6) is 0 Å². The molecular weight excluding hydrogens is 284 g/mol. The van der Waals surface area contributed by atoms with E-state index in [4.69, 9.17) is 5.73 Å². The highest BCUT2D eigenvalue weighted by Crippen LogP contribution is 2.01. The van der Waals surface area contributed by atoms with Crippen molar-refractivity contribution in [3.8, 4) is 0 Å². The molecule has 0 aliphatic heterocycles. The fourth-order valence-electron chi connectivity index (χ4n) is 2.09. The van der Waals surface area contributed by atoms with Gasteiger partial charge in [-0.25, -0.2) is 4.79 Å². The molecule has 2 rings (SSSR count). The van der Waals surface area contributed by atoms with E-state index in [1.165, 1.54) is 0 Å². The molecule has 2 aromatic rings. The van der Waals surface area contributed by atoms with E-state index in [0.29, 0.717) is 31.9 Å². The third-order valence-corrected chi connectivity index (χ3v) is 3.28. The zero-order valence-electron chi connectivity index (χ0n) is 13.1. The number of urea groups is 1. The van der Waals surface area contributed by atoms with Crippen LogP contribution in [-0.2, 0) is 13.0 Å². The number of nitrogens with one attached hydrogen (secondary N) is 2. The average Bonchev–Trinajstić information content (AvgIpc) is 3.01. The SMILES string of the molecule is Cc1cc(C)n(CCN(C)C(=O)NCCc2nc(N)n[nH]2)n1. The fourth-order valence-corrected chi connectivity index (χ4v) is 2.09. The number of aromatic amines is 1. The molecule has 0 saturated heterocycles. The highest BCUT2D eigenvalue weighted by molar-refractivity contribution is 5.73. The van der Waals surface area contributed by atoms with Crippen LogP contribution >= 0.6 is 0 Å². The highest BCUT2D eigenvalue weighted by Gasteiger charge is 2.09. The number of carbonyl (C=O) groups excluding carboxylic acids is 1. The van der Waals surface area contributed by atoms with E-state index in [1.54, 1.807) is 11.9 Å². The van der Waals surface area contributed by atoms with E-state index in [0.717, 1.165) is 11.4 Å². The summed E-state index contributed by atoms with van der Waals surface area (Å²) in [5.74, 6) is 0.867. The number of hydrogen-bond acceptors (Lipinski definition) is 5. The minimum Gasteiger partial charge on any atom is -0.367 e. The summed E-state index contributed by atoms with van der Waals surface area (Å²) in [7, 11) is 1.76. The lowest BCUT2D eigenvalue weighted by atomic mass is 10.4. The van der Waals surface area contributed by atoms with Gasteiger partial charge in [0.15, 0.2) is 0 Å². The Balaban J connectivity index is 1.71. The fraction of sp³-hybridized carbons (Fsp3) is 0.538. The van der Waals surface area contributed by atoms with Gasteiger partial charge in [-0.2, -0.15) is 10.1 Å². The molecule has 0 saturated carbocycles. The number of nitrogen functional groups attached to an aromatic ring is 1. The van der Waals surface area contributed by atoms with Gasteiger partial charge in [0, 0.05) is 32.3 Å². The third-order valence-electron chi connectivity index (χ3n) is 3.28. The molecule has 0 aliphatic carbocycles. The molecule has 4 N–H and O–H groups in total. The van der Waals surface area contributed by atoms with Crippen LogP contribution in [0.15, 0.2) is 6.07 Å². The standard InChI is InChI=1S/C13H22N8O/c1-9-8-10(2)21(19-9)7-6-20(3)13(22)15-5-4-11-16-12(14)18-17-11/h8H,4-7H2,1-3H3,(H,15,22)(H3,14,16,17,18). The number of aromatic nitrogens is 5. The lowest BCUT2D eigenvalue weighted by molar-refractivity contribution is 0.206. The molecule has 0 aromatic carbocycles. The van der Waals surface area contributed by atoms with Crippen LogP contribution in [0.25, 0.3) is 0 Å². The van der Waals surface area contributed by atoms with Gasteiger partial charge in [0.05, 0.1) is 12.2 Å². The van der Waals surface area contributed by atoms with Crippen molar-refractivity contribution in [2.45, 2.75) is 26.8 Å². The lowest BCUT2D eigenvalue weighted by Gasteiger charge is -2.18. The molecule has 0 bridgehead atoms. The predicted molar refractivity (Wildman–Crippen MR) is 82.2 cm³/mol. The molecule has 0 atom stereocenters. The summed E-state index contributed by atoms with van der Waals surface area (Å²) >= 11 is 0. The van der Waals surface area contributed by atoms with Gasteiger partial charge < -0.3 is 16.0 Å². The molecule has 0 radical (unpaired) electrons. The number of anilines is 1. The molecule has 0 unspecified atom stereocenters. The van der Waals surface area contributed by atoms with Crippen LogP contribution < -0.4 is 11.1 Å². The first-order chi connectivity index (χ1) is 10.5. The number of amides is 2. The maximum absolute atomic E-state index is 12.0. The molecule has 0 aliphatic rings. The first-order valence-corrected chi connectivity index (χ1v) is 7.12. The van der Waals surface area contributed by atoms with Gasteiger partial charge in [0.25, 0.3) is 0 Å². The van der Waals surface area contributed by atoms with Crippen molar-refractivity contribution < 1.29 is 4.79 Å². The normalized spacial score (nSPS) is 10.7. The van der Waals surface area contributed by atoms with E-state index in [9.17, 15) is 4.79 Å². The summed E-state index contributed by atoms with van der Waals surface area (Å²) in [5.41, 5.74) is 7.48. The van der Waals surface area contributed by atoms with Crippen LogP contribution in [0, 0.1) is 13.8 Å². The van der Waals surface area contributed by atoms with Crippen molar-refractivity contribution in [3.05, 3.63) is 23.3 Å². The number of nitrogens with two attached hydrogens (primary N) is 1. The number of nitrogens with zero attached hydrogens (tertiary/aromatic N) is 5. The van der Waals surface area contributed by atoms with E-state index < -0.39 is 0 Å². The minimum absolute atomic E-state index is 0.131. The average molecular weight is 306 g/mol. The summed E-state index contributed by atoms with van der Waals surface area (Å²) in [4.78, 5) is 17.6. The molecule has 0 spiro atoms. The third kappa shape index (κ3) is 4.21. The minimum atomic E-state index is -0.131. The summed E-state index contributed by atoms with van der Waals surface area (Å²) in [6.07, 6.45) is 0.557. The molecule has 2 amide bonds. The second kappa shape index (κ2) is 6.92. The Hall–Kier alpha value is -2.58. The number of likely N-dealkylation sites (N-methyl/N-ethyl adjacent to an activating group) is 1. The number of aryl methyl sites for hydroxylation is 2. The highest BCUT2D eigenvalue weighted by atomic mass is 16.2. The Morgan fingerprint density at radius 3 is 2.86 bits per heavy atom. The number of hydrogen-bond donors (Lipinski definition) is 3. The van der Waals surface area contributed by atoms with Crippen molar-refractivity contribution >= 4 is 12.0 Å². The Morgan fingerprint density at radius 1 is 1.50 bits per heavy atom. The summed E-state index contributed by atoms with van der Waals surface area (Å²) in [6, 6.07) is 1.89. The Labute approximate surface area is 128 Å². The van der Waals surface area contributed by atoms with Crippen LogP contribution in [0.3, 0.4) is 0 Å². The van der Waals surface area contributed by atoms with Gasteiger partial charge in [-0.15, -0.1) is 5.10 Å². The zero-order valence-corrected chi connectivity index (χ0v) is 13.1. The van der Waals surface area contributed by atoms with E-state index in [1.807, 2.05) is 24.6 Å². The smallest absolute Gasteiger partial charge is 0.317 e. The quantitative estimate of drug-likeness (QED) is 0.699. The Kier molecular flexibility index (Phi) is 4.97. The first-order valence-electron chi connectivity index (χ1n) is 7.12. The van der Waals surface area contributed by atoms with Gasteiger partial charge in [-0.05, 0) is 19.9 Å². The molecule has 0 fully saturated rings. The topological polar surface area (TPSA) is 118 Å². The van der Waals surface area contributed by atoms with Crippen molar-refractivity contribution in [2.24, 2.45) is 0 Å². The van der Waals surface area contributed by atoms with Crippen LogP contribution in [0.4, 0.5) is 10.7 Å². The Morgan fingerprint density at radius 2 is 2.27 bits per heavy atom. The monoisotopic (exact) mass is 306 g/mol. The zero-order chi connectivity index (χ0) is 16.1.